The lowest BCUT2D eigenvalue weighted by atomic mass is 9.86. The summed E-state index contributed by atoms with van der Waals surface area (Å²) in [5.74, 6) is 0.210. The Morgan fingerprint density at radius 3 is 1.01 bits per heavy atom. The van der Waals surface area contributed by atoms with Gasteiger partial charge in [0.05, 0.1) is 23.7 Å². The number of unbranched alkanes of at least 4 members (excludes halogenated alkanes) is 12. The molecule has 0 bridgehead atoms. The molecule has 0 radical (unpaired) electrons. The molecule has 494 valence electrons. The Labute approximate surface area is 516 Å². The Morgan fingerprint density at radius 2 is 0.690 bits per heavy atom. The van der Waals surface area contributed by atoms with Gasteiger partial charge in [0, 0.05) is 12.8 Å². The van der Waals surface area contributed by atoms with Crippen LogP contribution in [0.3, 0.4) is 0 Å². The lowest BCUT2D eigenvalue weighted by Crippen LogP contribution is -2.30. The highest BCUT2D eigenvalue weighted by molar-refractivity contribution is 5.73. The second-order valence-corrected chi connectivity index (χ2v) is 25.1. The fourth-order valence-electron chi connectivity index (χ4n) is 11.8. The van der Waals surface area contributed by atoms with E-state index in [1.807, 2.05) is 0 Å². The molecule has 13 nitrogen and oxygen atoms in total. The van der Waals surface area contributed by atoms with Crippen LogP contribution in [0, 0.1) is 35.5 Å². The summed E-state index contributed by atoms with van der Waals surface area (Å²) in [5.41, 5.74) is 0. The summed E-state index contributed by atoms with van der Waals surface area (Å²) in [7, 11) is 0. The minimum atomic E-state index is -0.401. The number of hydrogen-bond donors (Lipinski definition) is 0. The first-order chi connectivity index (χ1) is 41.0. The lowest BCUT2D eigenvalue weighted by Gasteiger charge is -2.24. The Bertz CT molecular complexity index is 1410. The van der Waals surface area contributed by atoms with Gasteiger partial charge in [-0.25, -0.2) is 0 Å². The second-order valence-electron chi connectivity index (χ2n) is 25.1. The van der Waals surface area contributed by atoms with Crippen molar-refractivity contribution in [2.24, 2.45) is 35.5 Å². The molecule has 0 amide bonds. The molecular weight excluding hydrogens is 1060 g/mol. The van der Waals surface area contributed by atoms with Gasteiger partial charge in [-0.05, 0) is 89.3 Å². The number of carbonyl (C=O) groups is 6. The van der Waals surface area contributed by atoms with Crippen LogP contribution in [-0.2, 0) is 57.2 Å². The maximum absolute atomic E-state index is 12.6. The Hall–Kier alpha value is -3.22. The summed E-state index contributed by atoms with van der Waals surface area (Å²) >= 11 is 0. The van der Waals surface area contributed by atoms with Crippen molar-refractivity contribution in [2.45, 2.75) is 325 Å². The van der Waals surface area contributed by atoms with Gasteiger partial charge in [0.15, 0.2) is 0 Å². The summed E-state index contributed by atoms with van der Waals surface area (Å²) in [6.45, 7) is 19.2. The SMILES string of the molecule is CCCCC.CCCCC.CCCCCC1CCCCC1.CCCCCC1CCCCC1.CCCN(CCCCCC(=O)OCC(COC=O)COC=O)CCCCCC(=O)OCC(COC(=O)C1CCCCC1)COC(=O)C1CCCCC1. The second kappa shape index (κ2) is 61.4. The van der Waals surface area contributed by atoms with E-state index in [1.54, 1.807) is 0 Å². The van der Waals surface area contributed by atoms with Gasteiger partial charge in [0.25, 0.3) is 12.9 Å². The van der Waals surface area contributed by atoms with Gasteiger partial charge >= 0.3 is 23.9 Å². The van der Waals surface area contributed by atoms with Gasteiger partial charge in [-0.2, -0.15) is 0 Å². The van der Waals surface area contributed by atoms with Gasteiger partial charge < -0.3 is 33.3 Å². The molecule has 0 spiro atoms. The van der Waals surface area contributed by atoms with Crippen molar-refractivity contribution in [1.82, 2.24) is 4.90 Å². The fraction of sp³-hybridized carbons (Fsp3) is 0.915. The first-order valence-corrected chi connectivity index (χ1v) is 35.5. The topological polar surface area (TPSA) is 161 Å². The normalized spacial score (nSPS) is 15.8. The first kappa shape index (κ1) is 80.8. The van der Waals surface area contributed by atoms with Crippen LogP contribution in [0.25, 0.3) is 0 Å². The molecule has 0 unspecified atom stereocenters. The van der Waals surface area contributed by atoms with E-state index in [9.17, 15) is 28.8 Å². The van der Waals surface area contributed by atoms with Gasteiger partial charge in [0.2, 0.25) is 0 Å². The molecule has 0 saturated heterocycles. The van der Waals surface area contributed by atoms with Gasteiger partial charge in [-0.3, -0.25) is 28.8 Å². The third-order valence-corrected chi connectivity index (χ3v) is 17.1. The van der Waals surface area contributed by atoms with E-state index >= 15 is 0 Å². The van der Waals surface area contributed by atoms with E-state index < -0.39 is 11.8 Å². The Kier molecular flexibility index (Phi) is 59.1. The summed E-state index contributed by atoms with van der Waals surface area (Å²) in [6.07, 6.45) is 51.5. The van der Waals surface area contributed by atoms with E-state index in [-0.39, 0.29) is 81.8 Å². The highest BCUT2D eigenvalue weighted by Crippen LogP contribution is 2.30. The number of esters is 4. The van der Waals surface area contributed by atoms with Crippen LogP contribution >= 0.6 is 0 Å². The highest BCUT2D eigenvalue weighted by Gasteiger charge is 2.27. The molecule has 4 fully saturated rings. The van der Waals surface area contributed by atoms with Crippen molar-refractivity contribution < 1.29 is 57.2 Å². The fourth-order valence-corrected chi connectivity index (χ4v) is 11.8. The zero-order valence-corrected chi connectivity index (χ0v) is 55.7. The van der Waals surface area contributed by atoms with E-state index in [2.05, 4.69) is 62.8 Å². The predicted molar refractivity (Wildman–Crippen MR) is 343 cm³/mol. The average molecular weight is 1190 g/mol. The average Bonchev–Trinajstić information content (AvgIpc) is 3.59. The van der Waals surface area contributed by atoms with Crippen LogP contribution < -0.4 is 0 Å². The van der Waals surface area contributed by atoms with Crippen LogP contribution in [0.15, 0.2) is 0 Å². The van der Waals surface area contributed by atoms with Crippen molar-refractivity contribution in [3.05, 3.63) is 0 Å². The quantitative estimate of drug-likeness (QED) is 0.0246. The Balaban J connectivity index is 0.00000171. The molecule has 0 N–H and O–H groups in total. The molecule has 13 heteroatoms. The number of carbonyl (C=O) groups excluding carboxylic acids is 6. The van der Waals surface area contributed by atoms with Gasteiger partial charge in [-0.1, -0.05) is 254 Å². The van der Waals surface area contributed by atoms with Crippen molar-refractivity contribution >= 4 is 36.8 Å². The summed E-state index contributed by atoms with van der Waals surface area (Å²) in [4.78, 5) is 73.2. The van der Waals surface area contributed by atoms with Crippen molar-refractivity contribution in [2.75, 3.05) is 59.3 Å². The molecule has 4 aliphatic carbocycles. The Morgan fingerprint density at radius 1 is 0.357 bits per heavy atom. The highest BCUT2D eigenvalue weighted by atomic mass is 16.6. The molecule has 4 saturated carbocycles. The van der Waals surface area contributed by atoms with Crippen LogP contribution in [0.1, 0.15) is 325 Å². The van der Waals surface area contributed by atoms with Crippen molar-refractivity contribution in [3.8, 4) is 0 Å². The standard InChI is InChI=1S/C39H65NO12.2C11H22.2C5H12/c1-2-21-40(22-13-5-11-19-36(43)49-26-32(24-47-30-41)25-48-31-42)23-14-6-12-20-37(44)50-27-33(28-51-38(45)34-15-7-3-8-16-34)29-52-39(46)35-17-9-4-10-18-35;2*1-2-3-5-8-11-9-6-4-7-10-11;2*1-3-5-4-2/h30-35H,2-29H2,1H3;2*11H,2-10H2,1H3;2*3-5H2,1-2H3. The van der Waals surface area contributed by atoms with Crippen LogP contribution in [0.5, 0.6) is 0 Å². The van der Waals surface area contributed by atoms with Crippen LogP contribution in [-0.4, -0.2) is 101 Å². The molecule has 0 atom stereocenters. The minimum Gasteiger partial charge on any atom is -0.467 e. The van der Waals surface area contributed by atoms with Crippen molar-refractivity contribution in [3.63, 3.8) is 0 Å². The molecule has 0 aromatic carbocycles. The van der Waals surface area contributed by atoms with E-state index in [0.29, 0.717) is 32.2 Å². The zero-order chi connectivity index (χ0) is 61.8. The number of hydrogen-bond acceptors (Lipinski definition) is 13. The maximum atomic E-state index is 12.6. The molecule has 0 aromatic heterocycles. The molecule has 4 aliphatic rings. The third kappa shape index (κ3) is 49.8. The molecule has 0 aromatic rings. The monoisotopic (exact) mass is 1190 g/mol. The van der Waals surface area contributed by atoms with E-state index in [1.165, 1.54) is 154 Å². The van der Waals surface area contributed by atoms with Crippen molar-refractivity contribution in [1.29, 1.82) is 0 Å². The zero-order valence-electron chi connectivity index (χ0n) is 55.7. The number of nitrogens with zero attached hydrogens (tertiary/aromatic N) is 1. The summed E-state index contributed by atoms with van der Waals surface area (Å²) in [5, 5.41) is 0. The number of ether oxygens (including phenoxy) is 6. The summed E-state index contributed by atoms with van der Waals surface area (Å²) in [6, 6.07) is 0. The number of rotatable bonds is 42. The minimum absolute atomic E-state index is 0.00273. The third-order valence-electron chi connectivity index (χ3n) is 17.1. The van der Waals surface area contributed by atoms with E-state index in [4.69, 9.17) is 18.9 Å². The lowest BCUT2D eigenvalue weighted by molar-refractivity contribution is -0.158. The molecule has 84 heavy (non-hydrogen) atoms. The van der Waals surface area contributed by atoms with Gasteiger partial charge in [0.1, 0.15) is 39.6 Å². The molecule has 0 heterocycles. The molecular formula is C71H133NO12. The first-order valence-electron chi connectivity index (χ1n) is 35.5. The predicted octanol–water partition coefficient (Wildman–Crippen LogP) is 18.4. The van der Waals surface area contributed by atoms with Crippen LogP contribution in [0.4, 0.5) is 0 Å². The van der Waals surface area contributed by atoms with E-state index in [0.717, 1.165) is 128 Å². The molecule has 4 rings (SSSR count). The largest absolute Gasteiger partial charge is 0.467 e. The molecule has 0 aliphatic heterocycles. The maximum Gasteiger partial charge on any atom is 0.308 e. The van der Waals surface area contributed by atoms with Crippen LogP contribution in [0.2, 0.25) is 0 Å². The van der Waals surface area contributed by atoms with Gasteiger partial charge in [-0.15, -0.1) is 0 Å². The summed E-state index contributed by atoms with van der Waals surface area (Å²) < 4.78 is 31.5. The smallest absolute Gasteiger partial charge is 0.308 e.